The molecule has 3 unspecified atom stereocenters. The van der Waals surface area contributed by atoms with Gasteiger partial charge in [-0.25, -0.2) is 0 Å². The van der Waals surface area contributed by atoms with Crippen LogP contribution >= 0.6 is 0 Å². The SMILES string of the molecule is Nc1ccccc1NC(=O)CCCC(=O)NCc1ccc(C2OC(CN(Cc3ccccc3)Cc3ccccc3)CC(c3ccc(CO)cc3)O2)cc1. The molecule has 2 amide bonds. The highest BCUT2D eigenvalue weighted by Crippen LogP contribution is 2.38. The second kappa shape index (κ2) is 19.0. The number of nitrogens with zero attached hydrogens (tertiary/aromatic N) is 1. The van der Waals surface area contributed by atoms with Crippen LogP contribution in [0.2, 0.25) is 0 Å². The van der Waals surface area contributed by atoms with Crippen molar-refractivity contribution in [2.24, 2.45) is 0 Å². The highest BCUT2D eigenvalue weighted by atomic mass is 16.7. The number of rotatable bonds is 16. The van der Waals surface area contributed by atoms with E-state index in [4.69, 9.17) is 15.2 Å². The van der Waals surface area contributed by atoms with E-state index in [9.17, 15) is 14.7 Å². The standard InChI is InChI=1S/C44H48N4O5/c45-39-14-7-8-15-40(39)47-43(51)17-9-16-42(50)46-27-32-18-24-37(25-19-32)44-52-38(26-41(53-44)36-22-20-35(31-49)21-23-36)30-48(28-33-10-3-1-4-11-33)29-34-12-5-2-6-13-34/h1-8,10-15,18-25,38,41,44,49H,9,16-17,26-31,45H2,(H,46,50)(H,47,51). The number of hydrogen-bond donors (Lipinski definition) is 4. The fourth-order valence-corrected chi connectivity index (χ4v) is 6.50. The summed E-state index contributed by atoms with van der Waals surface area (Å²) in [5.74, 6) is -0.293. The predicted octanol–water partition coefficient (Wildman–Crippen LogP) is 7.43. The molecule has 9 heteroatoms. The zero-order chi connectivity index (χ0) is 36.8. The van der Waals surface area contributed by atoms with E-state index in [1.165, 1.54) is 11.1 Å². The van der Waals surface area contributed by atoms with Crippen LogP contribution < -0.4 is 16.4 Å². The molecule has 9 nitrogen and oxygen atoms in total. The minimum atomic E-state index is -0.590. The van der Waals surface area contributed by atoms with Gasteiger partial charge >= 0.3 is 0 Å². The number of amides is 2. The Bertz CT molecular complexity index is 1850. The molecular weight excluding hydrogens is 665 g/mol. The van der Waals surface area contributed by atoms with E-state index in [0.717, 1.165) is 35.3 Å². The summed E-state index contributed by atoms with van der Waals surface area (Å²) in [5.41, 5.74) is 13.2. The Balaban J connectivity index is 1.08. The maximum absolute atomic E-state index is 12.6. The molecule has 0 bridgehead atoms. The van der Waals surface area contributed by atoms with Crippen molar-refractivity contribution >= 4 is 23.2 Å². The van der Waals surface area contributed by atoms with Gasteiger partial charge in [-0.05, 0) is 46.4 Å². The molecule has 0 radical (unpaired) electrons. The van der Waals surface area contributed by atoms with Crippen molar-refractivity contribution in [2.45, 2.75) is 70.4 Å². The van der Waals surface area contributed by atoms with Crippen LogP contribution in [-0.2, 0) is 45.3 Å². The summed E-state index contributed by atoms with van der Waals surface area (Å²) in [6, 6.07) is 44.0. The summed E-state index contributed by atoms with van der Waals surface area (Å²) < 4.78 is 13.3. The van der Waals surface area contributed by atoms with Gasteiger partial charge in [-0.3, -0.25) is 14.5 Å². The number of nitrogens with two attached hydrogens (primary N) is 1. The van der Waals surface area contributed by atoms with Crippen molar-refractivity contribution in [1.29, 1.82) is 0 Å². The first-order valence-corrected chi connectivity index (χ1v) is 18.2. The molecule has 5 N–H and O–H groups in total. The Hall–Kier alpha value is -5.32. The third-order valence-electron chi connectivity index (χ3n) is 9.36. The summed E-state index contributed by atoms with van der Waals surface area (Å²) in [4.78, 5) is 27.3. The highest BCUT2D eigenvalue weighted by molar-refractivity contribution is 5.93. The Kier molecular flexibility index (Phi) is 13.4. The number of aliphatic hydroxyl groups excluding tert-OH is 1. The third-order valence-corrected chi connectivity index (χ3v) is 9.36. The quantitative estimate of drug-likeness (QED) is 0.0784. The number of carbonyl (C=O) groups is 2. The van der Waals surface area contributed by atoms with Gasteiger partial charge in [0.15, 0.2) is 6.29 Å². The van der Waals surface area contributed by atoms with Gasteiger partial charge in [0, 0.05) is 51.0 Å². The lowest BCUT2D eigenvalue weighted by molar-refractivity contribution is -0.253. The highest BCUT2D eigenvalue weighted by Gasteiger charge is 2.33. The number of nitrogen functional groups attached to an aromatic ring is 1. The van der Waals surface area contributed by atoms with Gasteiger partial charge < -0.3 is 30.9 Å². The van der Waals surface area contributed by atoms with Gasteiger partial charge in [0.1, 0.15) is 0 Å². The Morgan fingerprint density at radius 1 is 0.679 bits per heavy atom. The maximum atomic E-state index is 12.6. The normalized spacial score (nSPS) is 17.0. The van der Waals surface area contributed by atoms with E-state index >= 15 is 0 Å². The van der Waals surface area contributed by atoms with Gasteiger partial charge in [0.25, 0.3) is 0 Å². The average Bonchev–Trinajstić information content (AvgIpc) is 3.19. The van der Waals surface area contributed by atoms with Crippen LogP contribution in [0, 0.1) is 0 Å². The Labute approximate surface area is 311 Å². The molecule has 1 aliphatic heterocycles. The maximum Gasteiger partial charge on any atom is 0.224 e. The van der Waals surface area contributed by atoms with E-state index in [2.05, 4.69) is 64.1 Å². The molecule has 5 aromatic carbocycles. The average molecular weight is 713 g/mol. The van der Waals surface area contributed by atoms with E-state index in [0.29, 0.717) is 37.3 Å². The van der Waals surface area contributed by atoms with Crippen LogP contribution in [0.15, 0.2) is 133 Å². The predicted molar refractivity (Wildman–Crippen MR) is 207 cm³/mol. The molecule has 0 spiro atoms. The summed E-state index contributed by atoms with van der Waals surface area (Å²) >= 11 is 0. The summed E-state index contributed by atoms with van der Waals surface area (Å²) in [6.45, 7) is 2.64. The van der Waals surface area contributed by atoms with Crippen molar-refractivity contribution in [1.82, 2.24) is 10.2 Å². The lowest BCUT2D eigenvalue weighted by Gasteiger charge is -2.38. The minimum absolute atomic E-state index is 0.0112. The molecule has 274 valence electrons. The lowest BCUT2D eigenvalue weighted by Crippen LogP contribution is -2.39. The molecule has 1 saturated heterocycles. The number of para-hydroxylation sites is 2. The number of anilines is 2. The zero-order valence-electron chi connectivity index (χ0n) is 29.9. The molecule has 3 atom stereocenters. The first kappa shape index (κ1) is 37.4. The largest absolute Gasteiger partial charge is 0.397 e. The van der Waals surface area contributed by atoms with Crippen molar-refractivity contribution in [3.63, 3.8) is 0 Å². The van der Waals surface area contributed by atoms with Crippen LogP contribution in [0.3, 0.4) is 0 Å². The van der Waals surface area contributed by atoms with E-state index < -0.39 is 6.29 Å². The minimum Gasteiger partial charge on any atom is -0.397 e. The third kappa shape index (κ3) is 11.3. The molecule has 1 aliphatic rings. The second-order valence-corrected chi connectivity index (χ2v) is 13.5. The van der Waals surface area contributed by atoms with Crippen LogP contribution in [0.25, 0.3) is 0 Å². The smallest absolute Gasteiger partial charge is 0.224 e. The molecular formula is C44H48N4O5. The van der Waals surface area contributed by atoms with E-state index in [-0.39, 0.29) is 43.5 Å². The number of hydrogen-bond acceptors (Lipinski definition) is 7. The van der Waals surface area contributed by atoms with Gasteiger partial charge in [-0.15, -0.1) is 0 Å². The first-order valence-electron chi connectivity index (χ1n) is 18.2. The van der Waals surface area contributed by atoms with Gasteiger partial charge in [0.2, 0.25) is 11.8 Å². The fraction of sp³-hybridized carbons (Fsp3) is 0.273. The molecule has 0 aromatic heterocycles. The van der Waals surface area contributed by atoms with Crippen molar-refractivity contribution in [3.8, 4) is 0 Å². The molecule has 5 aromatic rings. The van der Waals surface area contributed by atoms with E-state index in [1.54, 1.807) is 12.1 Å². The first-order chi connectivity index (χ1) is 25.9. The summed E-state index contributed by atoms with van der Waals surface area (Å²) in [6.07, 6.45) is 0.671. The molecule has 1 heterocycles. The van der Waals surface area contributed by atoms with Crippen LogP contribution in [0.1, 0.15) is 71.5 Å². The van der Waals surface area contributed by atoms with Crippen LogP contribution in [0.5, 0.6) is 0 Å². The Morgan fingerprint density at radius 3 is 1.91 bits per heavy atom. The fourth-order valence-electron chi connectivity index (χ4n) is 6.50. The summed E-state index contributed by atoms with van der Waals surface area (Å²) in [7, 11) is 0. The molecule has 0 saturated carbocycles. The number of aliphatic hydroxyl groups is 1. The summed E-state index contributed by atoms with van der Waals surface area (Å²) in [5, 5.41) is 15.4. The van der Waals surface area contributed by atoms with Gasteiger partial charge in [0.05, 0.1) is 30.2 Å². The number of ether oxygens (including phenoxy) is 2. The Morgan fingerprint density at radius 2 is 1.26 bits per heavy atom. The lowest BCUT2D eigenvalue weighted by atomic mass is 9.99. The van der Waals surface area contributed by atoms with Crippen LogP contribution in [0.4, 0.5) is 11.4 Å². The molecule has 6 rings (SSSR count). The number of carbonyl (C=O) groups excluding carboxylic acids is 2. The number of benzene rings is 5. The molecule has 0 aliphatic carbocycles. The molecule has 1 fully saturated rings. The zero-order valence-corrected chi connectivity index (χ0v) is 29.9. The number of nitrogens with one attached hydrogen (secondary N) is 2. The van der Waals surface area contributed by atoms with Gasteiger partial charge in [-0.2, -0.15) is 0 Å². The van der Waals surface area contributed by atoms with Crippen molar-refractivity contribution in [3.05, 3.63) is 167 Å². The van der Waals surface area contributed by atoms with E-state index in [1.807, 2.05) is 72.8 Å². The van der Waals surface area contributed by atoms with Crippen molar-refractivity contribution < 1.29 is 24.2 Å². The van der Waals surface area contributed by atoms with Gasteiger partial charge in [-0.1, -0.05) is 121 Å². The topological polar surface area (TPSA) is 126 Å². The monoisotopic (exact) mass is 712 g/mol. The molecule has 53 heavy (non-hydrogen) atoms. The van der Waals surface area contributed by atoms with Crippen LogP contribution in [-0.4, -0.2) is 34.5 Å². The second-order valence-electron chi connectivity index (χ2n) is 13.5. The van der Waals surface area contributed by atoms with Crippen molar-refractivity contribution in [2.75, 3.05) is 17.6 Å².